The van der Waals surface area contributed by atoms with Gasteiger partial charge in [-0.25, -0.2) is 0 Å². The van der Waals surface area contributed by atoms with E-state index in [0.29, 0.717) is 16.2 Å². The van der Waals surface area contributed by atoms with Crippen molar-refractivity contribution < 1.29 is 22.8 Å². The van der Waals surface area contributed by atoms with Crippen molar-refractivity contribution in [2.45, 2.75) is 12.6 Å². The van der Waals surface area contributed by atoms with E-state index < -0.39 is 12.1 Å². The highest BCUT2D eigenvalue weighted by Crippen LogP contribution is 2.40. The summed E-state index contributed by atoms with van der Waals surface area (Å²) in [6.45, 7) is 0. The maximum atomic E-state index is 12.0. The highest BCUT2D eigenvalue weighted by molar-refractivity contribution is 8.03. The first kappa shape index (κ1) is 11.3. The smallest absolute Gasteiger partial charge is 0.320 e. The lowest BCUT2D eigenvalue weighted by molar-refractivity contribution is -0.172. The number of halogens is 3. The van der Waals surface area contributed by atoms with Gasteiger partial charge in [0.15, 0.2) is 5.78 Å². The molecular formula is C9H6F3NO2S. The molecule has 0 spiro atoms. The zero-order valence-electron chi connectivity index (χ0n) is 7.85. The first-order chi connectivity index (χ1) is 7.39. The molecule has 0 atom stereocenters. The Morgan fingerprint density at radius 2 is 2.12 bits per heavy atom. The van der Waals surface area contributed by atoms with Crippen molar-refractivity contribution in [2.24, 2.45) is 0 Å². The summed E-state index contributed by atoms with van der Waals surface area (Å²) in [5.74, 6) is -1.71. The molecule has 16 heavy (non-hydrogen) atoms. The van der Waals surface area contributed by atoms with Crippen molar-refractivity contribution in [1.29, 1.82) is 0 Å². The van der Waals surface area contributed by atoms with Crippen molar-refractivity contribution in [3.05, 3.63) is 22.3 Å². The van der Waals surface area contributed by atoms with E-state index >= 15 is 0 Å². The maximum absolute atomic E-state index is 12.0. The average molecular weight is 249 g/mol. The third-order valence-corrected chi connectivity index (χ3v) is 3.28. The van der Waals surface area contributed by atoms with Gasteiger partial charge in [-0.1, -0.05) is 6.08 Å². The van der Waals surface area contributed by atoms with Crippen molar-refractivity contribution in [3.8, 4) is 0 Å². The van der Waals surface area contributed by atoms with Crippen LogP contribution in [0.5, 0.6) is 0 Å². The number of Topliss-reactive ketones (excluding diaryl/α,β-unsaturated/α-hetero) is 1. The first-order valence-electron chi connectivity index (χ1n) is 4.37. The van der Waals surface area contributed by atoms with Crippen LogP contribution in [0.1, 0.15) is 6.42 Å². The molecular weight excluding hydrogens is 243 g/mol. The lowest BCUT2D eigenvalue weighted by Crippen LogP contribution is -2.36. The molecule has 7 heteroatoms. The van der Waals surface area contributed by atoms with Crippen LogP contribution in [0.15, 0.2) is 22.3 Å². The summed E-state index contributed by atoms with van der Waals surface area (Å²) in [4.78, 5) is 22.5. The molecule has 86 valence electrons. The molecule has 1 amide bonds. The van der Waals surface area contributed by atoms with Crippen LogP contribution in [0.2, 0.25) is 0 Å². The molecule has 0 unspecified atom stereocenters. The Hall–Kier alpha value is -1.24. The number of allylic oxidation sites excluding steroid dienone is 2. The van der Waals surface area contributed by atoms with Gasteiger partial charge in [-0.2, -0.15) is 13.2 Å². The summed E-state index contributed by atoms with van der Waals surface area (Å²) in [7, 11) is 0. The summed E-state index contributed by atoms with van der Waals surface area (Å²) in [5, 5.41) is 1.75. The van der Waals surface area contributed by atoms with Gasteiger partial charge in [0.2, 0.25) is 0 Å². The van der Waals surface area contributed by atoms with Crippen LogP contribution in [0, 0.1) is 0 Å². The van der Waals surface area contributed by atoms with E-state index in [2.05, 4.69) is 0 Å². The Balaban J connectivity index is 2.19. The summed E-state index contributed by atoms with van der Waals surface area (Å²) in [5.41, 5.74) is 0.503. The van der Waals surface area contributed by atoms with Gasteiger partial charge in [-0.05, 0) is 0 Å². The van der Waals surface area contributed by atoms with Crippen LogP contribution in [0.3, 0.4) is 0 Å². The van der Waals surface area contributed by atoms with Crippen LogP contribution in [0.4, 0.5) is 13.2 Å². The number of hydrogen-bond donors (Lipinski definition) is 1. The highest BCUT2D eigenvalue weighted by Gasteiger charge is 2.41. The third-order valence-electron chi connectivity index (χ3n) is 2.19. The lowest BCUT2D eigenvalue weighted by atomic mass is 10.2. The highest BCUT2D eigenvalue weighted by atomic mass is 32.2. The van der Waals surface area contributed by atoms with E-state index in [4.69, 9.17) is 0 Å². The van der Waals surface area contributed by atoms with Gasteiger partial charge in [0.25, 0.3) is 0 Å². The number of carbonyl (C=O) groups excluding carboxylic acids is 2. The summed E-state index contributed by atoms with van der Waals surface area (Å²) >= 11 is 1.26. The van der Waals surface area contributed by atoms with Gasteiger partial charge >= 0.3 is 12.1 Å². The molecule has 3 nitrogen and oxygen atoms in total. The minimum Gasteiger partial charge on any atom is -0.320 e. The van der Waals surface area contributed by atoms with Gasteiger partial charge in [0.05, 0.1) is 6.42 Å². The molecule has 0 aromatic rings. The van der Waals surface area contributed by atoms with Crippen LogP contribution in [0.25, 0.3) is 0 Å². The molecule has 0 fully saturated rings. The topological polar surface area (TPSA) is 46.2 Å². The summed E-state index contributed by atoms with van der Waals surface area (Å²) in [6, 6.07) is 0. The standard InChI is InChI=1S/C9H6F3NO2S/c10-9(11,12)8(15)13-5-3-6(14)4-1-2-16-7(4)5/h1H,2-3H2,(H,13,15). The third kappa shape index (κ3) is 1.87. The van der Waals surface area contributed by atoms with E-state index in [1.807, 2.05) is 0 Å². The Bertz CT molecular complexity index is 437. The molecule has 0 saturated heterocycles. The normalized spacial score (nSPS) is 19.9. The maximum Gasteiger partial charge on any atom is 0.471 e. The number of rotatable bonds is 1. The molecule has 0 aromatic carbocycles. The summed E-state index contributed by atoms with van der Waals surface area (Å²) < 4.78 is 36.0. The van der Waals surface area contributed by atoms with Crippen molar-refractivity contribution >= 4 is 23.5 Å². The van der Waals surface area contributed by atoms with Crippen molar-refractivity contribution in [1.82, 2.24) is 5.32 Å². The molecule has 0 aromatic heterocycles. The number of nitrogens with one attached hydrogen (secondary N) is 1. The monoisotopic (exact) mass is 249 g/mol. The van der Waals surface area contributed by atoms with Crippen LogP contribution < -0.4 is 5.32 Å². The number of fused-ring (bicyclic) bond motifs is 1. The fourth-order valence-electron chi connectivity index (χ4n) is 1.51. The lowest BCUT2D eigenvalue weighted by Gasteiger charge is -2.08. The molecule has 1 N–H and O–H groups in total. The zero-order valence-corrected chi connectivity index (χ0v) is 8.67. The van der Waals surface area contributed by atoms with E-state index in [-0.39, 0.29) is 17.9 Å². The number of amides is 1. The number of hydrogen-bond acceptors (Lipinski definition) is 3. The largest absolute Gasteiger partial charge is 0.471 e. The minimum atomic E-state index is -4.92. The zero-order chi connectivity index (χ0) is 11.9. The predicted molar refractivity (Wildman–Crippen MR) is 51.4 cm³/mol. The van der Waals surface area contributed by atoms with Gasteiger partial charge in [-0.15, -0.1) is 11.8 Å². The number of ketones is 1. The molecule has 0 bridgehead atoms. The Morgan fingerprint density at radius 3 is 2.75 bits per heavy atom. The van der Waals surface area contributed by atoms with Gasteiger partial charge in [0.1, 0.15) is 0 Å². The Kier molecular flexibility index (Phi) is 2.57. The van der Waals surface area contributed by atoms with Crippen molar-refractivity contribution in [2.75, 3.05) is 5.75 Å². The van der Waals surface area contributed by atoms with Gasteiger partial charge in [0, 0.05) is 21.9 Å². The molecule has 0 radical (unpaired) electrons. The Labute approximate surface area is 92.8 Å². The SMILES string of the molecule is O=C1CC(NC(=O)C(F)(F)F)=C2SCC=C12. The number of carbonyl (C=O) groups is 2. The second-order valence-corrected chi connectivity index (χ2v) is 4.32. The second kappa shape index (κ2) is 3.65. The predicted octanol–water partition coefficient (Wildman–Crippen LogP) is 1.52. The molecule has 2 aliphatic rings. The van der Waals surface area contributed by atoms with E-state index in [9.17, 15) is 22.8 Å². The Morgan fingerprint density at radius 1 is 1.44 bits per heavy atom. The number of thioether (sulfide) groups is 1. The molecule has 0 saturated carbocycles. The molecule has 2 rings (SSSR count). The van der Waals surface area contributed by atoms with Gasteiger partial charge in [-0.3, -0.25) is 9.59 Å². The van der Waals surface area contributed by atoms with Crippen LogP contribution >= 0.6 is 11.8 Å². The fraction of sp³-hybridized carbons (Fsp3) is 0.333. The summed E-state index contributed by atoms with van der Waals surface area (Å²) in [6.07, 6.45) is -3.42. The van der Waals surface area contributed by atoms with Crippen LogP contribution in [-0.4, -0.2) is 23.6 Å². The van der Waals surface area contributed by atoms with E-state index in [1.165, 1.54) is 11.8 Å². The quantitative estimate of drug-likeness (QED) is 0.766. The fourth-order valence-corrected chi connectivity index (χ4v) is 2.58. The first-order valence-corrected chi connectivity index (χ1v) is 5.36. The van der Waals surface area contributed by atoms with Crippen molar-refractivity contribution in [3.63, 3.8) is 0 Å². The molecule has 1 aliphatic carbocycles. The van der Waals surface area contributed by atoms with E-state index in [0.717, 1.165) is 0 Å². The van der Waals surface area contributed by atoms with E-state index in [1.54, 1.807) is 11.4 Å². The van der Waals surface area contributed by atoms with Gasteiger partial charge < -0.3 is 5.32 Å². The molecule has 1 heterocycles. The number of alkyl halides is 3. The average Bonchev–Trinajstić information content (AvgIpc) is 2.70. The second-order valence-electron chi connectivity index (χ2n) is 3.29. The van der Waals surface area contributed by atoms with Crippen LogP contribution in [-0.2, 0) is 9.59 Å². The molecule has 1 aliphatic heterocycles. The minimum absolute atomic E-state index is 0.0704.